The van der Waals surface area contributed by atoms with E-state index in [0.29, 0.717) is 23.5 Å². The summed E-state index contributed by atoms with van der Waals surface area (Å²) in [5.74, 6) is 1.38. The lowest BCUT2D eigenvalue weighted by Crippen LogP contribution is -2.52. The molecule has 15 heavy (non-hydrogen) atoms. The highest BCUT2D eigenvalue weighted by molar-refractivity contribution is 6.01. The van der Waals surface area contributed by atoms with Crippen molar-refractivity contribution in [3.63, 3.8) is 0 Å². The van der Waals surface area contributed by atoms with Gasteiger partial charge in [-0.3, -0.25) is 4.79 Å². The summed E-state index contributed by atoms with van der Waals surface area (Å²) in [6, 6.07) is 3.62. The van der Waals surface area contributed by atoms with Crippen molar-refractivity contribution >= 4 is 5.78 Å². The second-order valence-electron chi connectivity index (χ2n) is 3.62. The van der Waals surface area contributed by atoms with E-state index in [-0.39, 0.29) is 11.8 Å². The zero-order valence-corrected chi connectivity index (χ0v) is 8.87. The Balaban J connectivity index is 2.58. The van der Waals surface area contributed by atoms with Crippen molar-refractivity contribution in [2.75, 3.05) is 14.2 Å². The summed E-state index contributed by atoms with van der Waals surface area (Å²) in [7, 11) is 3.14. The van der Waals surface area contributed by atoms with Crippen molar-refractivity contribution in [3.05, 3.63) is 23.3 Å². The summed E-state index contributed by atoms with van der Waals surface area (Å²) in [5, 5.41) is 0. The molecule has 1 aliphatic carbocycles. The van der Waals surface area contributed by atoms with E-state index >= 15 is 0 Å². The number of rotatable bonds is 2. The summed E-state index contributed by atoms with van der Waals surface area (Å²) in [5.41, 5.74) is 5.61. The molecule has 0 bridgehead atoms. The number of ketones is 1. The number of hydrogen-bond donors (Lipinski definition) is 1. The van der Waals surface area contributed by atoms with Crippen LogP contribution in [-0.2, 0) is 0 Å². The van der Waals surface area contributed by atoms with Gasteiger partial charge in [-0.25, -0.2) is 0 Å². The summed E-state index contributed by atoms with van der Waals surface area (Å²) in [4.78, 5) is 11.6. The number of Topliss-reactive ketones (excluding diaryl/α,β-unsaturated/α-hetero) is 1. The van der Waals surface area contributed by atoms with Crippen LogP contribution in [0.3, 0.4) is 0 Å². The van der Waals surface area contributed by atoms with Crippen LogP contribution in [-0.4, -0.2) is 20.0 Å². The predicted molar refractivity (Wildman–Crippen MR) is 54.1 cm³/mol. The maximum atomic E-state index is 11.6. The molecule has 1 atom stereocenters. The van der Waals surface area contributed by atoms with Crippen LogP contribution in [0.4, 0.5) is 0 Å². The maximum absolute atomic E-state index is 11.6. The van der Waals surface area contributed by atoms with E-state index in [0.717, 1.165) is 5.56 Å². The third kappa shape index (κ3) is 1.47. The number of benzene rings is 1. The summed E-state index contributed by atoms with van der Waals surface area (Å²) >= 11 is 0. The van der Waals surface area contributed by atoms with Crippen molar-refractivity contribution in [2.45, 2.75) is 12.5 Å². The van der Waals surface area contributed by atoms with E-state index in [2.05, 4.69) is 5.73 Å². The topological polar surface area (TPSA) is 63.2 Å². The second-order valence-corrected chi connectivity index (χ2v) is 3.62. The fourth-order valence-electron chi connectivity index (χ4n) is 1.92. The largest absolute Gasteiger partial charge is 0.493 e. The lowest BCUT2D eigenvalue weighted by Gasteiger charge is -2.09. The lowest BCUT2D eigenvalue weighted by atomic mass is 10.1. The Morgan fingerprint density at radius 1 is 1.27 bits per heavy atom. The molecule has 1 aliphatic rings. The highest BCUT2D eigenvalue weighted by atomic mass is 16.5. The van der Waals surface area contributed by atoms with Crippen LogP contribution in [0.1, 0.15) is 28.4 Å². The van der Waals surface area contributed by atoms with Crippen molar-refractivity contribution < 1.29 is 20.0 Å². The Labute approximate surface area is 88.0 Å². The van der Waals surface area contributed by atoms with Gasteiger partial charge in [0.1, 0.15) is 6.04 Å². The van der Waals surface area contributed by atoms with Crippen LogP contribution in [0.2, 0.25) is 0 Å². The molecule has 1 aromatic carbocycles. The number of ether oxygens (including phenoxy) is 2. The van der Waals surface area contributed by atoms with Gasteiger partial charge in [0.15, 0.2) is 17.3 Å². The average molecular weight is 208 g/mol. The molecule has 0 aliphatic heterocycles. The predicted octanol–water partition coefficient (Wildman–Crippen LogP) is 0.573. The molecule has 0 aromatic heterocycles. The maximum Gasteiger partial charge on any atom is 0.169 e. The van der Waals surface area contributed by atoms with Gasteiger partial charge in [0.2, 0.25) is 0 Å². The van der Waals surface area contributed by atoms with Crippen molar-refractivity contribution in [1.82, 2.24) is 0 Å². The number of carbonyl (C=O) groups excluding carboxylic acids is 1. The highest BCUT2D eigenvalue weighted by Crippen LogP contribution is 2.37. The molecule has 0 unspecified atom stereocenters. The van der Waals surface area contributed by atoms with E-state index in [1.54, 1.807) is 20.3 Å². The van der Waals surface area contributed by atoms with Gasteiger partial charge in [-0.1, -0.05) is 0 Å². The van der Waals surface area contributed by atoms with Crippen molar-refractivity contribution in [3.8, 4) is 11.5 Å². The molecule has 4 nitrogen and oxygen atoms in total. The van der Waals surface area contributed by atoms with Crippen LogP contribution in [0, 0.1) is 0 Å². The number of fused-ring (bicyclic) bond motifs is 1. The zero-order valence-electron chi connectivity index (χ0n) is 8.87. The van der Waals surface area contributed by atoms with Gasteiger partial charge in [-0.05, 0) is 12.1 Å². The van der Waals surface area contributed by atoms with Gasteiger partial charge in [0, 0.05) is 11.1 Å². The first-order valence-electron chi connectivity index (χ1n) is 4.79. The minimum absolute atomic E-state index is 0.0345. The molecule has 80 valence electrons. The third-order valence-electron chi connectivity index (χ3n) is 2.73. The van der Waals surface area contributed by atoms with Gasteiger partial charge in [0.05, 0.1) is 20.6 Å². The van der Waals surface area contributed by atoms with E-state index in [1.807, 2.05) is 6.07 Å². The highest BCUT2D eigenvalue weighted by Gasteiger charge is 2.31. The molecular formula is C11H14NO3+. The van der Waals surface area contributed by atoms with Crippen molar-refractivity contribution in [2.24, 2.45) is 0 Å². The van der Waals surface area contributed by atoms with Gasteiger partial charge >= 0.3 is 0 Å². The molecule has 0 heterocycles. The number of carbonyl (C=O) groups is 1. The molecule has 0 saturated carbocycles. The lowest BCUT2D eigenvalue weighted by molar-refractivity contribution is -0.423. The van der Waals surface area contributed by atoms with Crippen molar-refractivity contribution in [1.29, 1.82) is 0 Å². The van der Waals surface area contributed by atoms with Gasteiger partial charge in [-0.2, -0.15) is 0 Å². The van der Waals surface area contributed by atoms with E-state index in [9.17, 15) is 4.79 Å². The minimum atomic E-state index is 0.0345. The van der Waals surface area contributed by atoms with E-state index < -0.39 is 0 Å². The minimum Gasteiger partial charge on any atom is -0.493 e. The molecule has 0 radical (unpaired) electrons. The summed E-state index contributed by atoms with van der Waals surface area (Å²) in [6.07, 6.45) is 0.478. The fourth-order valence-corrected chi connectivity index (χ4v) is 1.92. The Bertz CT molecular complexity index is 415. The standard InChI is InChI=1S/C11H13NO3/c1-14-10-3-6-7(4-11(10)15-2)9(13)5-8(6)12/h3-4,8H,5,12H2,1-2H3/p+1/t8-/m1/s1. The van der Waals surface area contributed by atoms with Crippen LogP contribution < -0.4 is 15.2 Å². The summed E-state index contributed by atoms with van der Waals surface area (Å²) in [6.45, 7) is 0. The molecule has 0 amide bonds. The van der Waals surface area contributed by atoms with E-state index in [1.165, 1.54) is 0 Å². The van der Waals surface area contributed by atoms with Gasteiger partial charge in [0.25, 0.3) is 0 Å². The molecule has 1 aromatic rings. The Morgan fingerprint density at radius 2 is 1.87 bits per heavy atom. The molecule has 4 heteroatoms. The second kappa shape index (κ2) is 3.55. The summed E-state index contributed by atoms with van der Waals surface area (Å²) < 4.78 is 10.3. The van der Waals surface area contributed by atoms with Crippen LogP contribution in [0.15, 0.2) is 12.1 Å². The third-order valence-corrected chi connectivity index (χ3v) is 2.73. The number of hydrogen-bond acceptors (Lipinski definition) is 3. The smallest absolute Gasteiger partial charge is 0.169 e. The first kappa shape index (κ1) is 9.98. The molecule has 3 N–H and O–H groups in total. The molecular weight excluding hydrogens is 194 g/mol. The number of methoxy groups -OCH3 is 2. The quantitative estimate of drug-likeness (QED) is 0.773. The van der Waals surface area contributed by atoms with Crippen LogP contribution in [0.25, 0.3) is 0 Å². The molecule has 0 spiro atoms. The Kier molecular flexibility index (Phi) is 2.36. The Morgan fingerprint density at radius 3 is 2.47 bits per heavy atom. The first-order chi connectivity index (χ1) is 7.17. The monoisotopic (exact) mass is 208 g/mol. The normalized spacial score (nSPS) is 18.9. The molecule has 0 saturated heterocycles. The number of quaternary nitrogens is 1. The van der Waals surface area contributed by atoms with Crippen LogP contribution >= 0.6 is 0 Å². The van der Waals surface area contributed by atoms with E-state index in [4.69, 9.17) is 9.47 Å². The zero-order chi connectivity index (χ0) is 11.0. The SMILES string of the molecule is COc1cc2c(cc1OC)[C@H]([NH3+])CC2=O. The fraction of sp³-hybridized carbons (Fsp3) is 0.364. The Hall–Kier alpha value is -1.55. The molecule has 0 fully saturated rings. The van der Waals surface area contributed by atoms with Gasteiger partial charge in [-0.15, -0.1) is 0 Å². The average Bonchev–Trinajstić information content (AvgIpc) is 2.52. The van der Waals surface area contributed by atoms with Gasteiger partial charge < -0.3 is 15.2 Å². The molecule has 2 rings (SSSR count). The van der Waals surface area contributed by atoms with Crippen LogP contribution in [0.5, 0.6) is 11.5 Å². The first-order valence-corrected chi connectivity index (χ1v) is 4.79.